The fourth-order valence-electron chi connectivity index (χ4n) is 3.38. The highest BCUT2D eigenvalue weighted by atomic mass is 16.5. The van der Waals surface area contributed by atoms with Gasteiger partial charge in [-0.15, -0.1) is 0 Å². The molecule has 5 heteroatoms. The van der Waals surface area contributed by atoms with Gasteiger partial charge in [0.15, 0.2) is 0 Å². The van der Waals surface area contributed by atoms with Crippen LogP contribution in [0.4, 0.5) is 0 Å². The number of nitrogens with one attached hydrogen (secondary N) is 1. The molecule has 3 aromatic rings. The van der Waals surface area contributed by atoms with Crippen LogP contribution < -0.4 is 10.1 Å². The third kappa shape index (κ3) is 3.16. The van der Waals surface area contributed by atoms with Crippen molar-refractivity contribution in [2.45, 2.75) is 26.3 Å². The van der Waals surface area contributed by atoms with Crippen LogP contribution in [0.15, 0.2) is 48.7 Å². The maximum absolute atomic E-state index is 12.0. The second-order valence-corrected chi connectivity index (χ2v) is 6.93. The molecule has 0 spiro atoms. The van der Waals surface area contributed by atoms with Crippen LogP contribution in [0.1, 0.15) is 41.4 Å². The van der Waals surface area contributed by atoms with Crippen molar-refractivity contribution in [1.82, 2.24) is 15.3 Å². The average Bonchev–Trinajstić information content (AvgIpc) is 3.08. The van der Waals surface area contributed by atoms with Gasteiger partial charge in [-0.1, -0.05) is 32.0 Å². The zero-order valence-corrected chi connectivity index (χ0v) is 15.6. The Hall–Kier alpha value is -3.21. The molecule has 2 aromatic heterocycles. The predicted octanol–water partition coefficient (Wildman–Crippen LogP) is 4.19. The highest BCUT2D eigenvalue weighted by Gasteiger charge is 2.20. The minimum atomic E-state index is -0.00796. The molecule has 4 rings (SSSR count). The summed E-state index contributed by atoms with van der Waals surface area (Å²) in [6, 6.07) is 13.9. The van der Waals surface area contributed by atoms with Gasteiger partial charge in [-0.3, -0.25) is 9.78 Å². The molecule has 136 valence electrons. The van der Waals surface area contributed by atoms with Gasteiger partial charge in [0.25, 0.3) is 5.91 Å². The molecule has 27 heavy (non-hydrogen) atoms. The Bertz CT molecular complexity index is 1030. The molecule has 0 fully saturated rings. The normalized spacial score (nSPS) is 12.8. The third-order valence-electron chi connectivity index (χ3n) is 4.82. The highest BCUT2D eigenvalue weighted by molar-refractivity contribution is 5.99. The molecular weight excluding hydrogens is 338 g/mol. The summed E-state index contributed by atoms with van der Waals surface area (Å²) in [5, 5.41) is 2.87. The van der Waals surface area contributed by atoms with E-state index >= 15 is 0 Å². The van der Waals surface area contributed by atoms with E-state index in [4.69, 9.17) is 9.72 Å². The summed E-state index contributed by atoms with van der Waals surface area (Å²) in [5.41, 5.74) is 6.71. The molecule has 1 amide bonds. The maximum atomic E-state index is 12.0. The molecule has 0 saturated carbocycles. The van der Waals surface area contributed by atoms with E-state index in [0.29, 0.717) is 12.4 Å². The number of rotatable bonds is 4. The number of aromatic nitrogens is 2. The zero-order chi connectivity index (χ0) is 19.0. The van der Waals surface area contributed by atoms with E-state index in [0.717, 1.165) is 39.2 Å². The Morgan fingerprint density at radius 2 is 1.89 bits per heavy atom. The third-order valence-corrected chi connectivity index (χ3v) is 4.82. The van der Waals surface area contributed by atoms with E-state index in [1.807, 2.05) is 30.3 Å². The largest absolute Gasteiger partial charge is 0.481 e. The van der Waals surface area contributed by atoms with Gasteiger partial charge >= 0.3 is 0 Å². The van der Waals surface area contributed by atoms with Crippen molar-refractivity contribution >= 4 is 5.91 Å². The zero-order valence-electron chi connectivity index (χ0n) is 15.6. The van der Waals surface area contributed by atoms with E-state index < -0.39 is 0 Å². The molecule has 5 nitrogen and oxygen atoms in total. The number of amides is 1. The van der Waals surface area contributed by atoms with Crippen LogP contribution in [-0.2, 0) is 6.54 Å². The highest BCUT2D eigenvalue weighted by Crippen LogP contribution is 2.33. The van der Waals surface area contributed by atoms with Gasteiger partial charge in [-0.2, -0.15) is 0 Å². The van der Waals surface area contributed by atoms with E-state index in [2.05, 4.69) is 36.3 Å². The first kappa shape index (κ1) is 17.2. The number of fused-ring (bicyclic) bond motifs is 1. The van der Waals surface area contributed by atoms with Gasteiger partial charge in [-0.25, -0.2) is 4.98 Å². The first-order valence-corrected chi connectivity index (χ1v) is 8.99. The van der Waals surface area contributed by atoms with Crippen molar-refractivity contribution < 1.29 is 9.53 Å². The lowest BCUT2D eigenvalue weighted by Gasteiger charge is -2.15. The molecule has 1 N–H and O–H groups in total. The number of nitrogens with zero attached hydrogens (tertiary/aromatic N) is 2. The molecule has 0 aliphatic carbocycles. The van der Waals surface area contributed by atoms with Gasteiger partial charge in [-0.05, 0) is 35.2 Å². The average molecular weight is 359 g/mol. The van der Waals surface area contributed by atoms with Crippen molar-refractivity contribution in [2.75, 3.05) is 7.11 Å². The van der Waals surface area contributed by atoms with Gasteiger partial charge in [0, 0.05) is 35.5 Å². The lowest BCUT2D eigenvalue weighted by atomic mass is 9.94. The first-order chi connectivity index (χ1) is 13.1. The van der Waals surface area contributed by atoms with Crippen LogP contribution >= 0.6 is 0 Å². The fourth-order valence-corrected chi connectivity index (χ4v) is 3.38. The van der Waals surface area contributed by atoms with Crippen LogP contribution in [0.2, 0.25) is 0 Å². The fraction of sp³-hybridized carbons (Fsp3) is 0.227. The summed E-state index contributed by atoms with van der Waals surface area (Å²) in [4.78, 5) is 21.1. The van der Waals surface area contributed by atoms with E-state index in [1.165, 1.54) is 0 Å². The van der Waals surface area contributed by atoms with Crippen molar-refractivity contribution in [2.24, 2.45) is 0 Å². The van der Waals surface area contributed by atoms with Crippen molar-refractivity contribution in [3.05, 3.63) is 65.5 Å². The minimum Gasteiger partial charge on any atom is -0.481 e. The van der Waals surface area contributed by atoms with Gasteiger partial charge < -0.3 is 10.1 Å². The van der Waals surface area contributed by atoms with Crippen LogP contribution in [0.25, 0.3) is 22.4 Å². The minimum absolute atomic E-state index is 0.00796. The number of hydrogen-bond acceptors (Lipinski definition) is 4. The summed E-state index contributed by atoms with van der Waals surface area (Å²) in [5.74, 6) is 0.797. The predicted molar refractivity (Wildman–Crippen MR) is 105 cm³/mol. The number of ether oxygens (including phenoxy) is 1. The number of hydrogen-bond donors (Lipinski definition) is 1. The Labute approximate surface area is 158 Å². The summed E-state index contributed by atoms with van der Waals surface area (Å²) >= 11 is 0. The first-order valence-electron chi connectivity index (χ1n) is 8.99. The quantitative estimate of drug-likeness (QED) is 0.759. The smallest absolute Gasteiger partial charge is 0.251 e. The van der Waals surface area contributed by atoms with Crippen LogP contribution in [0.3, 0.4) is 0 Å². The van der Waals surface area contributed by atoms with Crippen LogP contribution in [-0.4, -0.2) is 23.0 Å². The van der Waals surface area contributed by atoms with Crippen molar-refractivity contribution in [3.63, 3.8) is 0 Å². The van der Waals surface area contributed by atoms with Crippen LogP contribution in [0, 0.1) is 0 Å². The molecular formula is C22H21N3O2. The monoisotopic (exact) mass is 359 g/mol. The Morgan fingerprint density at radius 3 is 2.67 bits per heavy atom. The number of carbonyl (C=O) groups is 1. The van der Waals surface area contributed by atoms with Crippen molar-refractivity contribution in [1.29, 1.82) is 0 Å². The molecule has 3 heterocycles. The Kier molecular flexibility index (Phi) is 4.36. The number of methoxy groups -OCH3 is 1. The second kappa shape index (κ2) is 6.83. The molecule has 0 radical (unpaired) electrons. The van der Waals surface area contributed by atoms with Gasteiger partial charge in [0.05, 0.1) is 18.5 Å². The summed E-state index contributed by atoms with van der Waals surface area (Å²) < 4.78 is 5.22. The molecule has 0 unspecified atom stereocenters. The second-order valence-electron chi connectivity index (χ2n) is 6.93. The van der Waals surface area contributed by atoms with Gasteiger partial charge in [0.1, 0.15) is 0 Å². The molecule has 0 bridgehead atoms. The number of benzene rings is 1. The summed E-state index contributed by atoms with van der Waals surface area (Å²) in [6.45, 7) is 4.86. The van der Waals surface area contributed by atoms with E-state index in [9.17, 15) is 4.79 Å². The van der Waals surface area contributed by atoms with E-state index in [1.54, 1.807) is 13.3 Å². The SMILES string of the molecule is COc1cc(-c2ccc(-c3ccc4c(c3)C(=O)NC4)c(C(C)C)n2)ccn1. The van der Waals surface area contributed by atoms with Crippen molar-refractivity contribution in [3.8, 4) is 28.3 Å². The van der Waals surface area contributed by atoms with Gasteiger partial charge in [0.2, 0.25) is 5.88 Å². The molecule has 1 aliphatic rings. The lowest BCUT2D eigenvalue weighted by Crippen LogP contribution is -2.12. The standard InChI is InChI=1S/C22H21N3O2/c1-13(2)21-17(14-4-5-16-12-24-22(26)18(16)10-14)6-7-19(25-21)15-8-9-23-20(11-15)27-3/h4-11,13H,12H2,1-3H3,(H,24,26). The van der Waals surface area contributed by atoms with E-state index in [-0.39, 0.29) is 11.8 Å². The Morgan fingerprint density at radius 1 is 1.04 bits per heavy atom. The molecule has 0 saturated heterocycles. The Balaban J connectivity index is 1.80. The lowest BCUT2D eigenvalue weighted by molar-refractivity contribution is 0.0966. The number of carbonyl (C=O) groups excluding carboxylic acids is 1. The maximum Gasteiger partial charge on any atom is 0.251 e. The molecule has 1 aliphatic heterocycles. The van der Waals surface area contributed by atoms with Crippen LogP contribution in [0.5, 0.6) is 5.88 Å². The summed E-state index contributed by atoms with van der Waals surface area (Å²) in [6.07, 6.45) is 1.72. The number of pyridine rings is 2. The molecule has 1 aromatic carbocycles. The molecule has 0 atom stereocenters. The topological polar surface area (TPSA) is 64.1 Å². The summed E-state index contributed by atoms with van der Waals surface area (Å²) in [7, 11) is 1.60.